The van der Waals surface area contributed by atoms with E-state index in [4.69, 9.17) is 4.74 Å². The number of rotatable bonds is 7. The van der Waals surface area contributed by atoms with Crippen molar-refractivity contribution in [2.24, 2.45) is 5.92 Å². The molecule has 0 unspecified atom stereocenters. The Balaban J connectivity index is 1.53. The molecule has 1 amide bonds. The molecule has 4 aromatic rings. The Bertz CT molecular complexity index is 1740. The van der Waals surface area contributed by atoms with E-state index in [1.807, 2.05) is 77.2 Å². The number of amides is 1. The lowest BCUT2D eigenvalue weighted by molar-refractivity contribution is -0.122. The molecule has 0 aliphatic carbocycles. The van der Waals surface area contributed by atoms with Gasteiger partial charge in [-0.1, -0.05) is 73.3 Å². The van der Waals surface area contributed by atoms with Crippen LogP contribution in [0.1, 0.15) is 42.8 Å². The van der Waals surface area contributed by atoms with Crippen molar-refractivity contribution < 1.29 is 19.1 Å². The summed E-state index contributed by atoms with van der Waals surface area (Å²) < 4.78 is 5.91. The second-order valence-corrected chi connectivity index (χ2v) is 11.3. The normalized spacial score (nSPS) is 23.5. The maximum atomic E-state index is 15.0. The van der Waals surface area contributed by atoms with Crippen LogP contribution in [-0.4, -0.2) is 35.0 Å². The molecule has 3 aromatic carbocycles. The molecule has 41 heavy (non-hydrogen) atoms. The molecule has 1 fully saturated rings. The zero-order valence-corrected chi connectivity index (χ0v) is 22.8. The van der Waals surface area contributed by atoms with Crippen molar-refractivity contribution in [3.8, 4) is 5.75 Å². The first-order valence-electron chi connectivity index (χ1n) is 13.5. The number of anilines is 1. The van der Waals surface area contributed by atoms with Crippen LogP contribution in [0.3, 0.4) is 0 Å². The maximum absolute atomic E-state index is 15.0. The van der Waals surface area contributed by atoms with Crippen LogP contribution < -0.4 is 10.1 Å². The highest BCUT2D eigenvalue weighted by Crippen LogP contribution is 2.62. The van der Waals surface area contributed by atoms with Gasteiger partial charge in [0.15, 0.2) is 11.6 Å². The Labute approximate surface area is 241 Å². The number of Topliss-reactive ketones (excluding diaryl/α,β-unsaturated/α-hetero) is 2. The smallest absolute Gasteiger partial charge is 0.238 e. The van der Waals surface area contributed by atoms with Gasteiger partial charge in [0.1, 0.15) is 23.8 Å². The number of thiophene rings is 1. The third-order valence-electron chi connectivity index (χ3n) is 8.39. The molecule has 7 heteroatoms. The molecule has 3 aliphatic rings. The van der Waals surface area contributed by atoms with E-state index in [1.165, 1.54) is 11.3 Å². The average molecular weight is 559 g/mol. The largest absolute Gasteiger partial charge is 0.489 e. The molecule has 0 saturated carbocycles. The van der Waals surface area contributed by atoms with Gasteiger partial charge in [0.05, 0.1) is 22.4 Å². The van der Waals surface area contributed by atoms with E-state index in [2.05, 4.69) is 11.9 Å². The fourth-order valence-corrected chi connectivity index (χ4v) is 7.54. The average Bonchev–Trinajstić information content (AvgIpc) is 3.72. The van der Waals surface area contributed by atoms with Crippen molar-refractivity contribution >= 4 is 40.6 Å². The Kier molecular flexibility index (Phi) is 5.98. The topological polar surface area (TPSA) is 75.7 Å². The second kappa shape index (κ2) is 9.71. The van der Waals surface area contributed by atoms with E-state index in [1.54, 1.807) is 36.4 Å². The molecular weight excluding hydrogens is 532 g/mol. The zero-order valence-electron chi connectivity index (χ0n) is 22.0. The molecule has 3 aliphatic heterocycles. The van der Waals surface area contributed by atoms with Crippen LogP contribution >= 0.6 is 11.3 Å². The monoisotopic (exact) mass is 558 g/mol. The molecule has 0 radical (unpaired) electrons. The molecule has 0 bridgehead atoms. The molecule has 202 valence electrons. The third kappa shape index (κ3) is 3.59. The molecule has 1 saturated heterocycles. The third-order valence-corrected chi connectivity index (χ3v) is 9.28. The minimum atomic E-state index is -1.38. The van der Waals surface area contributed by atoms with Crippen LogP contribution in [0, 0.1) is 5.92 Å². The molecule has 4 heterocycles. The quantitative estimate of drug-likeness (QED) is 0.213. The van der Waals surface area contributed by atoms with Gasteiger partial charge in [-0.05, 0) is 52.4 Å². The highest BCUT2D eigenvalue weighted by molar-refractivity contribution is 7.12. The van der Waals surface area contributed by atoms with Crippen molar-refractivity contribution in [3.05, 3.63) is 136 Å². The second-order valence-electron chi connectivity index (χ2n) is 10.4. The van der Waals surface area contributed by atoms with E-state index in [0.29, 0.717) is 21.9 Å². The molecule has 1 N–H and O–H groups in total. The van der Waals surface area contributed by atoms with Gasteiger partial charge in [-0.3, -0.25) is 14.4 Å². The summed E-state index contributed by atoms with van der Waals surface area (Å²) in [6.45, 7) is 3.95. The first-order chi connectivity index (χ1) is 20.1. The summed E-state index contributed by atoms with van der Waals surface area (Å²) in [6, 6.07) is 24.5. The van der Waals surface area contributed by atoms with Gasteiger partial charge >= 0.3 is 0 Å². The highest BCUT2D eigenvalue weighted by Gasteiger charge is 2.71. The first-order valence-corrected chi connectivity index (χ1v) is 14.4. The number of fused-ring (bicyclic) bond motifs is 6. The van der Waals surface area contributed by atoms with Crippen molar-refractivity contribution in [2.75, 3.05) is 11.9 Å². The lowest BCUT2D eigenvalue weighted by atomic mass is 9.62. The SMILES string of the molecule is C=CCOc1ccccc1C(=O)[C@@H]1[C@H](C(=O)c2cccs2)N2C=Cc3ccccc3[C@H]2[C@@]12C(=O)Nc1ccccc12. The highest BCUT2D eigenvalue weighted by atomic mass is 32.1. The molecular formula is C34H26N2O4S. The van der Waals surface area contributed by atoms with Gasteiger partial charge in [-0.15, -0.1) is 11.3 Å². The van der Waals surface area contributed by atoms with Gasteiger partial charge < -0.3 is 15.0 Å². The van der Waals surface area contributed by atoms with Crippen LogP contribution in [-0.2, 0) is 10.2 Å². The summed E-state index contributed by atoms with van der Waals surface area (Å²) in [7, 11) is 0. The number of benzene rings is 3. The van der Waals surface area contributed by atoms with Crippen molar-refractivity contribution in [1.82, 2.24) is 4.90 Å². The van der Waals surface area contributed by atoms with E-state index < -0.39 is 23.4 Å². The van der Waals surface area contributed by atoms with Crippen LogP contribution in [0.5, 0.6) is 5.75 Å². The number of nitrogens with one attached hydrogen (secondary N) is 1. The van der Waals surface area contributed by atoms with Gasteiger partial charge in [0.25, 0.3) is 0 Å². The Morgan fingerprint density at radius 3 is 2.59 bits per heavy atom. The first kappa shape index (κ1) is 25.2. The Hall–Kier alpha value is -4.75. The Morgan fingerprint density at radius 2 is 1.76 bits per heavy atom. The predicted octanol–water partition coefficient (Wildman–Crippen LogP) is 6.29. The van der Waals surface area contributed by atoms with Crippen molar-refractivity contribution in [1.29, 1.82) is 0 Å². The van der Waals surface area contributed by atoms with Crippen LogP contribution in [0.15, 0.2) is 109 Å². The maximum Gasteiger partial charge on any atom is 0.238 e. The number of carbonyl (C=O) groups excluding carboxylic acids is 3. The van der Waals surface area contributed by atoms with E-state index in [-0.39, 0.29) is 24.1 Å². The number of ketones is 2. The predicted molar refractivity (Wildman–Crippen MR) is 159 cm³/mol. The number of carbonyl (C=O) groups is 3. The summed E-state index contributed by atoms with van der Waals surface area (Å²) in [5.41, 5.74) is 2.18. The molecule has 1 aromatic heterocycles. The summed E-state index contributed by atoms with van der Waals surface area (Å²) in [6.07, 6.45) is 5.46. The van der Waals surface area contributed by atoms with Crippen LogP contribution in [0.2, 0.25) is 0 Å². The number of nitrogens with zero attached hydrogens (tertiary/aromatic N) is 1. The number of hydrogen-bond donors (Lipinski definition) is 1. The fourth-order valence-electron chi connectivity index (χ4n) is 6.84. The Morgan fingerprint density at radius 1 is 0.976 bits per heavy atom. The summed E-state index contributed by atoms with van der Waals surface area (Å²) in [5, 5.41) is 4.93. The minimum absolute atomic E-state index is 0.189. The van der Waals surface area contributed by atoms with E-state index in [0.717, 1.165) is 16.7 Å². The van der Waals surface area contributed by atoms with Crippen LogP contribution in [0.4, 0.5) is 5.69 Å². The molecule has 4 atom stereocenters. The van der Waals surface area contributed by atoms with Crippen LogP contribution in [0.25, 0.3) is 6.08 Å². The van der Waals surface area contributed by atoms with Crippen molar-refractivity contribution in [2.45, 2.75) is 17.5 Å². The standard InChI is InChI=1S/C34H26N2O4S/c1-2-19-40-26-15-8-5-12-23(26)30(37)28-29(31(38)27-16-9-20-41-27)36-18-17-21-10-3-4-11-22(21)32(36)34(28)24-13-6-7-14-25(24)35-33(34)39/h2-18,20,28-29,32H,1,19H2,(H,35,39)/t28-,29+,32-,34-/m0/s1. The lowest BCUT2D eigenvalue weighted by Crippen LogP contribution is -2.49. The molecule has 7 rings (SSSR count). The van der Waals surface area contributed by atoms with Gasteiger partial charge in [0, 0.05) is 11.9 Å². The molecule has 6 nitrogen and oxygen atoms in total. The van der Waals surface area contributed by atoms with E-state index >= 15 is 4.79 Å². The van der Waals surface area contributed by atoms with E-state index in [9.17, 15) is 9.59 Å². The summed E-state index contributed by atoms with van der Waals surface area (Å²) in [4.78, 5) is 46.4. The van der Waals surface area contributed by atoms with Crippen molar-refractivity contribution in [3.63, 3.8) is 0 Å². The van der Waals surface area contributed by atoms with Gasteiger partial charge in [0.2, 0.25) is 5.91 Å². The van der Waals surface area contributed by atoms with Gasteiger partial charge in [-0.25, -0.2) is 0 Å². The number of hydrogen-bond acceptors (Lipinski definition) is 6. The lowest BCUT2D eigenvalue weighted by Gasteiger charge is -2.38. The minimum Gasteiger partial charge on any atom is -0.489 e. The molecule has 1 spiro atoms. The summed E-state index contributed by atoms with van der Waals surface area (Å²) >= 11 is 1.34. The zero-order chi connectivity index (χ0) is 28.1. The number of ether oxygens (including phenoxy) is 1. The summed E-state index contributed by atoms with van der Waals surface area (Å²) in [5.74, 6) is -1.45. The number of para-hydroxylation sites is 2. The fraction of sp³-hybridized carbons (Fsp3) is 0.147. The van der Waals surface area contributed by atoms with Gasteiger partial charge in [-0.2, -0.15) is 0 Å².